The molecule has 0 aliphatic heterocycles. The third kappa shape index (κ3) is 24.3. The van der Waals surface area contributed by atoms with Crippen molar-refractivity contribution >= 4 is 72.1 Å². The first-order chi connectivity index (χ1) is 52.4. The quantitative estimate of drug-likeness (QED) is 0.0297. The minimum atomic E-state index is -4.58. The summed E-state index contributed by atoms with van der Waals surface area (Å²) in [6.07, 6.45) is 30.1. The minimum Gasteiger partial charge on any atom is -0.746 e. The maximum absolute atomic E-state index is 10.6. The zero-order valence-corrected chi connectivity index (χ0v) is 65.1. The van der Waals surface area contributed by atoms with Crippen LogP contribution in [0, 0.1) is 20.8 Å². The van der Waals surface area contributed by atoms with Crippen molar-refractivity contribution in [1.82, 2.24) is 0 Å². The number of nitrogens with zero attached hydrogens (tertiary/aromatic N) is 3. The summed E-state index contributed by atoms with van der Waals surface area (Å²) in [5.74, 6) is 0.840. The summed E-state index contributed by atoms with van der Waals surface area (Å²) in [6.45, 7) is 28.0. The average molecular weight is 1470 g/mol. The van der Waals surface area contributed by atoms with Crippen molar-refractivity contribution < 1.29 is 45.5 Å². The van der Waals surface area contributed by atoms with Gasteiger partial charge in [-0.1, -0.05) is 265 Å². The van der Waals surface area contributed by atoms with E-state index < -0.39 is 22.3 Å². The molecule has 9 aromatic carbocycles. The van der Waals surface area contributed by atoms with E-state index in [0.29, 0.717) is 0 Å². The van der Waals surface area contributed by atoms with Crippen molar-refractivity contribution in [2.45, 2.75) is 75.7 Å². The second-order valence-electron chi connectivity index (χ2n) is 26.2. The van der Waals surface area contributed by atoms with Gasteiger partial charge in [-0.2, -0.15) is 6.82 Å². The molecule has 108 heavy (non-hydrogen) atoms. The second kappa shape index (κ2) is 43.6. The van der Waals surface area contributed by atoms with E-state index in [1.165, 1.54) is 83.6 Å². The molecular formula is C95H103BF3N3O5S. The Morgan fingerprint density at radius 1 is 0.454 bits per heavy atom. The lowest BCUT2D eigenvalue weighted by atomic mass is 9.17. The van der Waals surface area contributed by atoms with Gasteiger partial charge in [0.25, 0.3) is 0 Å². The van der Waals surface area contributed by atoms with Crippen LogP contribution in [0.15, 0.2) is 333 Å². The normalized spacial score (nSPS) is 12.4. The van der Waals surface area contributed by atoms with E-state index in [1.807, 2.05) is 24.3 Å². The van der Waals surface area contributed by atoms with Crippen LogP contribution in [-0.4, -0.2) is 97.2 Å². The molecule has 0 saturated heterocycles. The SMILES string of the molecule is CCN(CC)c1ccc(C(C=CC=C(c2ccc(C)cc2)c2ccc(C)cc2)=C2C=CC(=[N+](CC)CC)C=C2)cc1.CC[N+](CC)=C1C=CC(=C(C=CC=C(c2ccc(C)cc2)c2ccc(CO)cc2)c2ccc(OC)cc2)C=C1.C[B-](c1ccccc1)(c1ccccc1)c1ccccc1.FF.O=S(=O)([O-])CF. The van der Waals surface area contributed by atoms with Crippen molar-refractivity contribution in [3.8, 4) is 5.75 Å². The van der Waals surface area contributed by atoms with Gasteiger partial charge in [-0.15, -0.1) is 0 Å². The molecule has 0 atom stereocenters. The number of rotatable bonds is 23. The third-order valence-electron chi connectivity index (χ3n) is 19.4. The zero-order chi connectivity index (χ0) is 77.9. The fourth-order valence-electron chi connectivity index (χ4n) is 13.1. The summed E-state index contributed by atoms with van der Waals surface area (Å²) in [7, 11) is -2.89. The predicted octanol–water partition coefficient (Wildman–Crippen LogP) is 19.9. The van der Waals surface area contributed by atoms with Gasteiger partial charge in [0.15, 0.2) is 17.4 Å². The van der Waals surface area contributed by atoms with Crippen molar-refractivity contribution in [3.05, 3.63) is 388 Å². The number of hydrogen-bond acceptors (Lipinski definition) is 6. The summed E-state index contributed by atoms with van der Waals surface area (Å²) in [6, 6.07) is 82.2. The van der Waals surface area contributed by atoms with Crippen molar-refractivity contribution in [2.75, 3.05) is 57.3 Å². The molecule has 0 aromatic heterocycles. The highest BCUT2D eigenvalue weighted by Gasteiger charge is 2.24. The van der Waals surface area contributed by atoms with Crippen LogP contribution in [-0.2, 0) is 16.7 Å². The summed E-state index contributed by atoms with van der Waals surface area (Å²) < 4.78 is 63.9. The summed E-state index contributed by atoms with van der Waals surface area (Å²) in [5.41, 5.74) is 26.7. The Bertz CT molecular complexity index is 4630. The Hall–Kier alpha value is -11.0. The number of aliphatic hydroxyl groups is 1. The highest BCUT2D eigenvalue weighted by molar-refractivity contribution is 7.85. The number of allylic oxidation sites excluding steroid dienone is 18. The molecule has 0 unspecified atom stereocenters. The fourth-order valence-corrected chi connectivity index (χ4v) is 13.1. The van der Waals surface area contributed by atoms with Crippen LogP contribution in [0.1, 0.15) is 97.2 Å². The lowest BCUT2D eigenvalue weighted by Crippen LogP contribution is -2.64. The van der Waals surface area contributed by atoms with Crippen molar-refractivity contribution in [2.24, 2.45) is 0 Å². The van der Waals surface area contributed by atoms with Gasteiger partial charge >= 0.3 is 0 Å². The molecule has 1 N–H and O–H groups in total. The molecule has 0 bridgehead atoms. The Labute approximate surface area is 640 Å². The van der Waals surface area contributed by atoms with E-state index in [4.69, 9.17) is 26.9 Å². The van der Waals surface area contributed by atoms with Crippen LogP contribution in [0.4, 0.5) is 19.2 Å². The maximum Gasteiger partial charge on any atom is 0.199 e. The first-order valence-electron chi connectivity index (χ1n) is 37.0. The van der Waals surface area contributed by atoms with Crippen molar-refractivity contribution in [1.29, 1.82) is 0 Å². The van der Waals surface area contributed by atoms with Gasteiger partial charge in [0.2, 0.25) is 0 Å². The molecule has 0 heterocycles. The number of aryl methyl sites for hydroxylation is 3. The summed E-state index contributed by atoms with van der Waals surface area (Å²) in [5, 5.41) is 9.50. The molecule has 0 fully saturated rings. The van der Waals surface area contributed by atoms with Gasteiger partial charge in [-0.3, -0.25) is 0 Å². The monoisotopic (exact) mass is 1470 g/mol. The van der Waals surface area contributed by atoms with Crippen LogP contribution < -0.4 is 26.0 Å². The maximum atomic E-state index is 10.6. The van der Waals surface area contributed by atoms with Gasteiger partial charge in [-0.05, 0) is 183 Å². The average Bonchev–Trinajstić information content (AvgIpc) is 0.760. The molecule has 0 saturated carbocycles. The molecule has 0 spiro atoms. The number of hydrogen-bond donors (Lipinski definition) is 1. The Morgan fingerprint density at radius 3 is 1.03 bits per heavy atom. The van der Waals surface area contributed by atoms with E-state index in [9.17, 15) is 9.50 Å². The second-order valence-corrected chi connectivity index (χ2v) is 27.6. The van der Waals surface area contributed by atoms with Crippen molar-refractivity contribution in [3.63, 3.8) is 0 Å². The molecule has 2 aliphatic carbocycles. The number of alkyl halides is 1. The van der Waals surface area contributed by atoms with Crippen LogP contribution in [0.2, 0.25) is 6.82 Å². The standard InChI is InChI=1S/C39H45N2.C36H38NO2.C19H18B.CH3FO3S.F2/c1-7-40(8-2)36-26-22-34(23-27-36)39(35-24-28-37(29-25-35)41(9-3)10-4)13-11-12-38(32-18-14-30(5)15-19-32)33-20-16-31(6)17-21-33;1-5-37(6-2)33-22-18-31(19-23-33)36(32-20-24-34(39-4)25-21-32)9-7-8-35(29-14-10-27(3)11-15-29)30-16-12-28(26-38)13-17-30;1-20(17-11-5-2-6-12-17,18-13-7-3-8-14-18)19-15-9-4-10-16-19;2-1-6(3,4)5;1-2/h11-29H,7-10H2,1-6H3;7-25,38H,5-6,26H2,1-4H3;2-16H,1H3;1H2,(H,3,4,5);/q2*+1;-1;;/p-1. The van der Waals surface area contributed by atoms with Crippen LogP contribution in [0.5, 0.6) is 5.75 Å². The van der Waals surface area contributed by atoms with E-state index in [2.05, 4.69) is 381 Å². The largest absolute Gasteiger partial charge is 0.746 e. The van der Waals surface area contributed by atoms with Gasteiger partial charge in [-0.25, -0.2) is 38.3 Å². The molecule has 11 rings (SSSR count). The predicted molar refractivity (Wildman–Crippen MR) is 452 cm³/mol. The number of halogens is 3. The Balaban J connectivity index is 0.000000224. The van der Waals surface area contributed by atoms with Gasteiger partial charge < -0.3 is 19.3 Å². The van der Waals surface area contributed by atoms with E-state index in [0.717, 1.165) is 84.0 Å². The van der Waals surface area contributed by atoms with Gasteiger partial charge in [0, 0.05) is 52.2 Å². The first-order valence-corrected chi connectivity index (χ1v) is 38.6. The fraction of sp³-hybridized carbons (Fsp3) is 0.200. The molecule has 0 amide bonds. The first kappa shape index (κ1) is 84.3. The molecule has 8 nitrogen and oxygen atoms in total. The summed E-state index contributed by atoms with van der Waals surface area (Å²) >= 11 is 0. The zero-order valence-electron chi connectivity index (χ0n) is 64.3. The molecular weight excluding hydrogens is 1360 g/mol. The molecule has 2 aliphatic rings. The number of aliphatic hydroxyl groups excluding tert-OH is 1. The minimum absolute atomic E-state index is 0.0387. The molecule has 9 aromatic rings. The lowest BCUT2D eigenvalue weighted by molar-refractivity contribution is -0.519. The smallest absolute Gasteiger partial charge is 0.199 e. The molecule has 0 radical (unpaired) electrons. The number of methoxy groups -OCH3 is 1. The van der Waals surface area contributed by atoms with Crippen LogP contribution in [0.3, 0.4) is 0 Å². The van der Waals surface area contributed by atoms with E-state index >= 15 is 0 Å². The third-order valence-corrected chi connectivity index (χ3v) is 19.7. The summed E-state index contributed by atoms with van der Waals surface area (Å²) in [4.78, 5) is 2.39. The Kier molecular flexibility index (Phi) is 34.0. The highest BCUT2D eigenvalue weighted by atomic mass is 32.2. The van der Waals surface area contributed by atoms with E-state index in [1.54, 1.807) is 7.11 Å². The van der Waals surface area contributed by atoms with Gasteiger partial charge in [0.05, 0.1) is 19.9 Å². The van der Waals surface area contributed by atoms with Crippen LogP contribution in [0.25, 0.3) is 22.3 Å². The number of benzene rings is 9. The van der Waals surface area contributed by atoms with Crippen LogP contribution >= 0.6 is 0 Å². The number of anilines is 1. The molecule has 13 heteroatoms. The van der Waals surface area contributed by atoms with E-state index in [-0.39, 0.29) is 6.61 Å². The topological polar surface area (TPSA) is 95.9 Å². The highest BCUT2D eigenvalue weighted by Crippen LogP contribution is 2.32. The lowest BCUT2D eigenvalue weighted by Gasteiger charge is -2.39. The number of ether oxygens (including phenoxy) is 1. The molecule has 558 valence electrons. The Morgan fingerprint density at radius 2 is 0.750 bits per heavy atom. The van der Waals surface area contributed by atoms with Gasteiger partial charge in [0.1, 0.15) is 42.0 Å².